The summed E-state index contributed by atoms with van der Waals surface area (Å²) in [6.07, 6.45) is 0. The van der Waals surface area contributed by atoms with Gasteiger partial charge in [-0.1, -0.05) is 42.1 Å². The predicted molar refractivity (Wildman–Crippen MR) is 115 cm³/mol. The van der Waals surface area contributed by atoms with Crippen LogP contribution in [-0.4, -0.2) is 49.3 Å². The van der Waals surface area contributed by atoms with Crippen LogP contribution in [0.15, 0.2) is 58.5 Å². The van der Waals surface area contributed by atoms with E-state index in [1.165, 1.54) is 11.8 Å². The molecule has 0 bridgehead atoms. The van der Waals surface area contributed by atoms with E-state index in [1.54, 1.807) is 29.6 Å². The lowest BCUT2D eigenvalue weighted by Gasteiger charge is -2.16. The second-order valence-corrected chi connectivity index (χ2v) is 8.36. The zero-order valence-corrected chi connectivity index (χ0v) is 17.5. The zero-order chi connectivity index (χ0) is 20.7. The normalized spacial score (nSPS) is 12.4. The Hall–Kier alpha value is -3.13. The molecule has 29 heavy (non-hydrogen) atoms. The molecule has 4 aromatic rings. The fourth-order valence-electron chi connectivity index (χ4n) is 3.36. The molecule has 1 unspecified atom stereocenters. The van der Waals surface area contributed by atoms with Crippen LogP contribution in [0.4, 0.5) is 0 Å². The van der Waals surface area contributed by atoms with Crippen LogP contribution in [0.25, 0.3) is 22.4 Å². The minimum Gasteiger partial charge on any atom is -0.348 e. The lowest BCUT2D eigenvalue weighted by atomic mass is 10.2. The van der Waals surface area contributed by atoms with Crippen LogP contribution in [0, 0.1) is 6.92 Å². The molecule has 1 amide bonds. The Bertz CT molecular complexity index is 1290. The van der Waals surface area contributed by atoms with Gasteiger partial charge in [-0.05, 0) is 37.6 Å². The van der Waals surface area contributed by atoms with Crippen molar-refractivity contribution in [2.45, 2.75) is 24.3 Å². The lowest BCUT2D eigenvalue weighted by Crippen LogP contribution is -2.29. The summed E-state index contributed by atoms with van der Waals surface area (Å²) in [6, 6.07) is 15.1. The van der Waals surface area contributed by atoms with E-state index in [0.29, 0.717) is 21.8 Å². The fourth-order valence-corrected chi connectivity index (χ4v) is 4.36. The third-order valence-corrected chi connectivity index (χ3v) is 5.85. The van der Waals surface area contributed by atoms with Crippen LogP contribution in [0.3, 0.4) is 0 Å². The van der Waals surface area contributed by atoms with Crippen molar-refractivity contribution in [3.8, 4) is 5.69 Å². The van der Waals surface area contributed by atoms with E-state index in [9.17, 15) is 9.59 Å². The number of fused-ring (bicyclic) bond motifs is 3. The van der Waals surface area contributed by atoms with Crippen molar-refractivity contribution < 1.29 is 4.79 Å². The molecule has 1 atom stereocenters. The van der Waals surface area contributed by atoms with E-state index in [4.69, 9.17) is 0 Å². The van der Waals surface area contributed by atoms with Crippen molar-refractivity contribution in [2.24, 2.45) is 0 Å². The lowest BCUT2D eigenvalue weighted by molar-refractivity contribution is -0.127. The molecular formula is C21H21N5O2S. The maximum Gasteiger partial charge on any atom is 0.267 e. The van der Waals surface area contributed by atoms with Crippen molar-refractivity contribution >= 4 is 34.3 Å². The third kappa shape index (κ3) is 3.19. The minimum absolute atomic E-state index is 0.0109. The summed E-state index contributed by atoms with van der Waals surface area (Å²) in [7, 11) is 3.46. The molecule has 0 aliphatic heterocycles. The number of aryl methyl sites for hydroxylation is 1. The number of rotatable bonds is 4. The molecule has 2 aromatic carbocycles. The molecule has 2 aromatic heterocycles. The van der Waals surface area contributed by atoms with Crippen LogP contribution in [-0.2, 0) is 4.79 Å². The number of nitrogens with zero attached hydrogens (tertiary/aromatic N) is 5. The second kappa shape index (κ2) is 7.36. The van der Waals surface area contributed by atoms with Crippen LogP contribution in [0.1, 0.15) is 12.5 Å². The topological polar surface area (TPSA) is 72.5 Å². The largest absolute Gasteiger partial charge is 0.348 e. The number of hydrogen-bond acceptors (Lipinski definition) is 5. The first kappa shape index (κ1) is 19.2. The van der Waals surface area contributed by atoms with Crippen molar-refractivity contribution in [3.05, 3.63) is 64.4 Å². The van der Waals surface area contributed by atoms with E-state index in [-0.39, 0.29) is 16.7 Å². The summed E-state index contributed by atoms with van der Waals surface area (Å²) in [5, 5.41) is 9.46. The molecule has 148 valence electrons. The van der Waals surface area contributed by atoms with Crippen LogP contribution in [0.2, 0.25) is 0 Å². The van der Waals surface area contributed by atoms with Crippen molar-refractivity contribution in [2.75, 3.05) is 14.1 Å². The SMILES string of the molecule is Cc1ccccc1-n1c(=O)c2ccccc2n2c(SC(C)C(=O)N(C)C)nnc12. The maximum atomic E-state index is 13.3. The van der Waals surface area contributed by atoms with Gasteiger partial charge in [0.2, 0.25) is 11.7 Å². The van der Waals surface area contributed by atoms with Gasteiger partial charge in [0.1, 0.15) is 0 Å². The van der Waals surface area contributed by atoms with E-state index < -0.39 is 0 Å². The Morgan fingerprint density at radius 2 is 1.76 bits per heavy atom. The number of benzene rings is 2. The maximum absolute atomic E-state index is 13.3. The smallest absolute Gasteiger partial charge is 0.267 e. The molecule has 0 aliphatic rings. The Balaban J connectivity index is 2.02. The summed E-state index contributed by atoms with van der Waals surface area (Å²) in [6.45, 7) is 3.80. The molecule has 7 nitrogen and oxygen atoms in total. The molecule has 0 fully saturated rings. The van der Waals surface area contributed by atoms with Gasteiger partial charge in [-0.15, -0.1) is 10.2 Å². The van der Waals surface area contributed by atoms with Crippen LogP contribution in [0.5, 0.6) is 0 Å². The van der Waals surface area contributed by atoms with Gasteiger partial charge >= 0.3 is 0 Å². The van der Waals surface area contributed by atoms with E-state index in [0.717, 1.165) is 11.3 Å². The van der Waals surface area contributed by atoms with E-state index in [1.807, 2.05) is 60.7 Å². The van der Waals surface area contributed by atoms with Gasteiger partial charge < -0.3 is 4.90 Å². The zero-order valence-electron chi connectivity index (χ0n) is 16.7. The first-order chi connectivity index (χ1) is 13.9. The van der Waals surface area contributed by atoms with E-state index >= 15 is 0 Å². The summed E-state index contributed by atoms with van der Waals surface area (Å²) in [4.78, 5) is 27.2. The first-order valence-corrected chi connectivity index (χ1v) is 10.1. The number of carbonyl (C=O) groups is 1. The highest BCUT2D eigenvalue weighted by molar-refractivity contribution is 8.00. The highest BCUT2D eigenvalue weighted by Gasteiger charge is 2.23. The standard InChI is InChI=1S/C21H21N5O2S/c1-13-9-5-7-11-16(13)25-19(28)15-10-6-8-12-17(15)26-20(25)22-23-21(26)29-14(2)18(27)24(3)4/h5-12,14H,1-4H3. The monoisotopic (exact) mass is 407 g/mol. The van der Waals surface area contributed by atoms with Gasteiger partial charge in [-0.25, -0.2) is 4.57 Å². The van der Waals surface area contributed by atoms with Gasteiger partial charge in [-0.2, -0.15) is 0 Å². The number of aromatic nitrogens is 4. The summed E-state index contributed by atoms with van der Waals surface area (Å²) in [5.74, 6) is 0.415. The number of amides is 1. The van der Waals surface area contributed by atoms with Gasteiger partial charge in [-0.3, -0.25) is 14.0 Å². The van der Waals surface area contributed by atoms with Crippen molar-refractivity contribution in [3.63, 3.8) is 0 Å². The highest BCUT2D eigenvalue weighted by Crippen LogP contribution is 2.27. The van der Waals surface area contributed by atoms with Crippen molar-refractivity contribution in [1.82, 2.24) is 24.1 Å². The van der Waals surface area contributed by atoms with Crippen molar-refractivity contribution in [1.29, 1.82) is 0 Å². The molecule has 0 aliphatic carbocycles. The number of carbonyl (C=O) groups excluding carboxylic acids is 1. The molecule has 2 heterocycles. The summed E-state index contributed by atoms with van der Waals surface area (Å²) in [5.41, 5.74) is 2.29. The molecule has 8 heteroatoms. The first-order valence-electron chi connectivity index (χ1n) is 9.23. The Labute approximate surface area is 172 Å². The van der Waals surface area contributed by atoms with Crippen LogP contribution < -0.4 is 5.56 Å². The number of hydrogen-bond donors (Lipinski definition) is 0. The van der Waals surface area contributed by atoms with Crippen LogP contribution >= 0.6 is 11.8 Å². The average Bonchev–Trinajstić information content (AvgIpc) is 3.12. The Morgan fingerprint density at radius 1 is 1.07 bits per heavy atom. The average molecular weight is 407 g/mol. The van der Waals surface area contributed by atoms with Gasteiger partial charge in [0.05, 0.1) is 21.8 Å². The molecule has 0 saturated heterocycles. The van der Waals surface area contributed by atoms with Gasteiger partial charge in [0, 0.05) is 14.1 Å². The number of thioether (sulfide) groups is 1. The highest BCUT2D eigenvalue weighted by atomic mass is 32.2. The fraction of sp³-hybridized carbons (Fsp3) is 0.238. The molecule has 0 N–H and O–H groups in total. The molecule has 0 saturated carbocycles. The van der Waals surface area contributed by atoms with Gasteiger partial charge in [0.15, 0.2) is 5.16 Å². The molecule has 4 rings (SSSR count). The number of para-hydroxylation sites is 2. The van der Waals surface area contributed by atoms with Gasteiger partial charge in [0.25, 0.3) is 5.56 Å². The summed E-state index contributed by atoms with van der Waals surface area (Å²) >= 11 is 1.33. The predicted octanol–water partition coefficient (Wildman–Crippen LogP) is 2.91. The Morgan fingerprint density at radius 3 is 2.48 bits per heavy atom. The summed E-state index contributed by atoms with van der Waals surface area (Å²) < 4.78 is 3.44. The third-order valence-electron chi connectivity index (χ3n) is 4.82. The quantitative estimate of drug-likeness (QED) is 0.487. The minimum atomic E-state index is -0.338. The molecule has 0 radical (unpaired) electrons. The Kier molecular flexibility index (Phi) is 4.87. The van der Waals surface area contributed by atoms with E-state index in [2.05, 4.69) is 10.2 Å². The molecule has 0 spiro atoms. The second-order valence-electron chi connectivity index (χ2n) is 7.05. The molecular weight excluding hydrogens is 386 g/mol.